The first-order valence-corrected chi connectivity index (χ1v) is 6.40. The molecule has 0 bridgehead atoms. The monoisotopic (exact) mass is 249 g/mol. The fraction of sp³-hybridized carbons (Fsp3) is 0.500. The molecule has 4 heteroatoms. The van der Waals surface area contributed by atoms with Gasteiger partial charge in [-0.15, -0.1) is 0 Å². The maximum atomic E-state index is 10.2. The van der Waals surface area contributed by atoms with Crippen LogP contribution in [0.1, 0.15) is 18.4 Å². The Morgan fingerprint density at radius 2 is 2.06 bits per heavy atom. The lowest BCUT2D eigenvalue weighted by Crippen LogP contribution is -2.45. The van der Waals surface area contributed by atoms with Gasteiger partial charge in [0, 0.05) is 6.54 Å². The second kappa shape index (κ2) is 8.66. The lowest BCUT2D eigenvalue weighted by molar-refractivity contribution is -0.110. The molecule has 0 spiro atoms. The molecule has 0 aliphatic rings. The minimum absolute atomic E-state index is 0.276. The summed E-state index contributed by atoms with van der Waals surface area (Å²) in [6.45, 7) is 1.69. The van der Waals surface area contributed by atoms with Crippen molar-refractivity contribution in [1.29, 1.82) is 0 Å². The lowest BCUT2D eigenvalue weighted by Gasteiger charge is -2.20. The van der Waals surface area contributed by atoms with Crippen molar-refractivity contribution < 1.29 is 4.79 Å². The molecule has 1 aromatic rings. The molecule has 0 aliphatic heterocycles. The maximum absolute atomic E-state index is 10.2. The Balaban J connectivity index is 2.08. The number of unbranched alkanes of at least 4 members (excludes halogenated alkanes) is 1. The molecule has 0 saturated carbocycles. The number of carbonyl (C=O) groups excluding carboxylic acids is 1. The van der Waals surface area contributed by atoms with E-state index in [1.54, 1.807) is 0 Å². The fourth-order valence-corrected chi connectivity index (χ4v) is 1.92. The molecular formula is C14H23N3O. The van der Waals surface area contributed by atoms with Crippen molar-refractivity contribution in [3.63, 3.8) is 0 Å². The number of likely N-dealkylation sites (N-methyl/N-ethyl adjacent to an activating group) is 1. The van der Waals surface area contributed by atoms with Crippen LogP contribution in [0.25, 0.3) is 0 Å². The van der Waals surface area contributed by atoms with Crippen molar-refractivity contribution in [2.75, 3.05) is 20.1 Å². The van der Waals surface area contributed by atoms with E-state index in [2.05, 4.69) is 34.5 Å². The average Bonchev–Trinajstić information content (AvgIpc) is 2.36. The number of rotatable bonds is 9. The molecule has 18 heavy (non-hydrogen) atoms. The number of aryl methyl sites for hydroxylation is 1. The Morgan fingerprint density at radius 3 is 2.72 bits per heavy atom. The maximum Gasteiger partial charge on any atom is 0.208 e. The van der Waals surface area contributed by atoms with E-state index in [0.717, 1.165) is 19.4 Å². The highest BCUT2D eigenvalue weighted by Gasteiger charge is 2.04. The summed E-state index contributed by atoms with van der Waals surface area (Å²) in [5, 5.41) is 2.55. The molecule has 1 atom stereocenters. The summed E-state index contributed by atoms with van der Waals surface area (Å²) in [6, 6.07) is 10.5. The quantitative estimate of drug-likeness (QED) is 0.389. The first kappa shape index (κ1) is 14.7. The molecule has 1 amide bonds. The summed E-state index contributed by atoms with van der Waals surface area (Å²) >= 11 is 0. The Kier molecular flexibility index (Phi) is 7.06. The second-order valence-corrected chi connectivity index (χ2v) is 4.60. The Bertz CT molecular complexity index is 329. The fourth-order valence-electron chi connectivity index (χ4n) is 1.92. The van der Waals surface area contributed by atoms with E-state index in [1.165, 1.54) is 12.0 Å². The van der Waals surface area contributed by atoms with Crippen molar-refractivity contribution in [1.82, 2.24) is 10.2 Å². The Hall–Kier alpha value is -1.39. The summed E-state index contributed by atoms with van der Waals surface area (Å²) in [7, 11) is 2.02. The molecule has 0 aromatic heterocycles. The molecule has 1 rings (SSSR count). The number of carbonyl (C=O) groups is 1. The van der Waals surface area contributed by atoms with E-state index in [4.69, 9.17) is 5.73 Å². The van der Waals surface area contributed by atoms with Crippen LogP contribution in [-0.4, -0.2) is 37.6 Å². The Morgan fingerprint density at radius 1 is 1.33 bits per heavy atom. The first-order chi connectivity index (χ1) is 8.72. The molecule has 1 aromatic carbocycles. The summed E-state index contributed by atoms with van der Waals surface area (Å²) < 4.78 is 0. The van der Waals surface area contributed by atoms with Crippen LogP contribution in [0.2, 0.25) is 0 Å². The van der Waals surface area contributed by atoms with Crippen LogP contribution < -0.4 is 11.1 Å². The first-order valence-electron chi connectivity index (χ1n) is 6.40. The number of nitrogens with one attached hydrogen (secondary N) is 1. The van der Waals surface area contributed by atoms with Gasteiger partial charge in [0.05, 0.1) is 6.17 Å². The van der Waals surface area contributed by atoms with Crippen LogP contribution in [0.15, 0.2) is 30.3 Å². The molecule has 0 heterocycles. The molecule has 1 unspecified atom stereocenters. The number of benzene rings is 1. The van der Waals surface area contributed by atoms with Gasteiger partial charge in [0.15, 0.2) is 0 Å². The molecule has 4 nitrogen and oxygen atoms in total. The summed E-state index contributed by atoms with van der Waals surface area (Å²) in [4.78, 5) is 12.3. The number of amides is 1. The van der Waals surface area contributed by atoms with E-state index in [-0.39, 0.29) is 6.17 Å². The van der Waals surface area contributed by atoms with Crippen LogP contribution in [-0.2, 0) is 11.2 Å². The third-order valence-corrected chi connectivity index (χ3v) is 2.89. The smallest absolute Gasteiger partial charge is 0.208 e. The second-order valence-electron chi connectivity index (χ2n) is 4.60. The van der Waals surface area contributed by atoms with Crippen LogP contribution in [0.3, 0.4) is 0 Å². The van der Waals surface area contributed by atoms with Crippen LogP contribution in [0.4, 0.5) is 0 Å². The minimum atomic E-state index is -0.276. The molecule has 0 fully saturated rings. The number of nitrogens with two attached hydrogens (primary N) is 1. The molecule has 3 N–H and O–H groups in total. The summed E-state index contributed by atoms with van der Waals surface area (Å²) in [5.41, 5.74) is 7.08. The van der Waals surface area contributed by atoms with Crippen molar-refractivity contribution in [2.45, 2.75) is 25.4 Å². The number of hydrogen-bond acceptors (Lipinski definition) is 3. The molecule has 0 aliphatic carbocycles. The van der Waals surface area contributed by atoms with Gasteiger partial charge in [-0.2, -0.15) is 0 Å². The third-order valence-electron chi connectivity index (χ3n) is 2.89. The van der Waals surface area contributed by atoms with Gasteiger partial charge in [0.2, 0.25) is 6.41 Å². The molecule has 100 valence electrons. The van der Waals surface area contributed by atoms with Gasteiger partial charge in [-0.05, 0) is 38.4 Å². The standard InChI is InChI=1S/C14H23N3O/c1-17(11-14(15)16-12-18)10-6-5-9-13-7-3-2-4-8-13/h2-4,7-8,12,14H,5-6,9-11,15H2,1H3,(H,16,18). The largest absolute Gasteiger partial charge is 0.342 e. The minimum Gasteiger partial charge on any atom is -0.342 e. The van der Waals surface area contributed by atoms with Crippen molar-refractivity contribution in [3.8, 4) is 0 Å². The summed E-state index contributed by atoms with van der Waals surface area (Å²) in [5.74, 6) is 0. The summed E-state index contributed by atoms with van der Waals surface area (Å²) in [6.07, 6.45) is 3.80. The normalized spacial score (nSPS) is 12.4. The van der Waals surface area contributed by atoms with E-state index in [0.29, 0.717) is 13.0 Å². The Labute approximate surface area is 109 Å². The zero-order valence-electron chi connectivity index (χ0n) is 11.0. The van der Waals surface area contributed by atoms with Gasteiger partial charge >= 0.3 is 0 Å². The number of nitrogens with zero attached hydrogens (tertiary/aromatic N) is 1. The van der Waals surface area contributed by atoms with Gasteiger partial charge in [-0.1, -0.05) is 30.3 Å². The van der Waals surface area contributed by atoms with Gasteiger partial charge in [-0.25, -0.2) is 0 Å². The third kappa shape index (κ3) is 6.37. The predicted octanol–water partition coefficient (Wildman–Crippen LogP) is 0.972. The van der Waals surface area contributed by atoms with Crippen molar-refractivity contribution in [3.05, 3.63) is 35.9 Å². The highest BCUT2D eigenvalue weighted by molar-refractivity contribution is 5.46. The highest BCUT2D eigenvalue weighted by Crippen LogP contribution is 2.04. The van der Waals surface area contributed by atoms with E-state index in [1.807, 2.05) is 13.1 Å². The van der Waals surface area contributed by atoms with Crippen LogP contribution in [0, 0.1) is 0 Å². The topological polar surface area (TPSA) is 58.4 Å². The van der Waals surface area contributed by atoms with Gasteiger partial charge in [-0.3, -0.25) is 4.79 Å². The SMILES string of the molecule is CN(CCCCc1ccccc1)CC(N)NC=O. The van der Waals surface area contributed by atoms with E-state index < -0.39 is 0 Å². The highest BCUT2D eigenvalue weighted by atomic mass is 16.1. The lowest BCUT2D eigenvalue weighted by atomic mass is 10.1. The molecule has 0 radical (unpaired) electrons. The van der Waals surface area contributed by atoms with Gasteiger partial charge in [0.25, 0.3) is 0 Å². The van der Waals surface area contributed by atoms with Gasteiger partial charge < -0.3 is 16.0 Å². The van der Waals surface area contributed by atoms with Crippen molar-refractivity contribution in [2.24, 2.45) is 5.73 Å². The average molecular weight is 249 g/mol. The molecule has 0 saturated heterocycles. The zero-order valence-corrected chi connectivity index (χ0v) is 11.0. The number of hydrogen-bond donors (Lipinski definition) is 2. The predicted molar refractivity (Wildman–Crippen MR) is 74.1 cm³/mol. The van der Waals surface area contributed by atoms with Crippen LogP contribution in [0.5, 0.6) is 0 Å². The zero-order chi connectivity index (χ0) is 13.2. The van der Waals surface area contributed by atoms with E-state index >= 15 is 0 Å². The molecular weight excluding hydrogens is 226 g/mol. The van der Waals surface area contributed by atoms with Crippen LogP contribution >= 0.6 is 0 Å². The van der Waals surface area contributed by atoms with E-state index in [9.17, 15) is 4.79 Å². The van der Waals surface area contributed by atoms with Gasteiger partial charge in [0.1, 0.15) is 0 Å². The van der Waals surface area contributed by atoms with Crippen molar-refractivity contribution >= 4 is 6.41 Å².